The summed E-state index contributed by atoms with van der Waals surface area (Å²) >= 11 is 0. The first-order valence-corrected chi connectivity index (χ1v) is 9.39. The number of likely N-dealkylation sites (tertiary alicyclic amines) is 2. The summed E-state index contributed by atoms with van der Waals surface area (Å²) in [6.45, 7) is 7.60. The number of nitrogens with zero attached hydrogens (tertiary/aromatic N) is 2. The summed E-state index contributed by atoms with van der Waals surface area (Å²) in [5.74, 6) is 1.81. The van der Waals surface area contributed by atoms with Gasteiger partial charge in [-0.3, -0.25) is 4.79 Å². The third-order valence-corrected chi connectivity index (χ3v) is 5.16. The largest absolute Gasteiger partial charge is 0.469 e. The van der Waals surface area contributed by atoms with Crippen LogP contribution < -0.4 is 5.32 Å². The Morgan fingerprint density at radius 2 is 2.08 bits per heavy atom. The number of carbonyl (C=O) groups excluding carboxylic acids is 2. The molecule has 2 fully saturated rings. The van der Waals surface area contributed by atoms with Gasteiger partial charge in [-0.05, 0) is 37.3 Å². The van der Waals surface area contributed by atoms with Crippen molar-refractivity contribution in [2.45, 2.75) is 39.0 Å². The predicted octanol–water partition coefficient (Wildman–Crippen LogP) is 2.67. The van der Waals surface area contributed by atoms with Crippen molar-refractivity contribution in [3.8, 4) is 0 Å². The number of hydrogen-bond donors (Lipinski definition) is 1. The predicted molar refractivity (Wildman–Crippen MR) is 95.2 cm³/mol. The first kappa shape index (κ1) is 17.8. The fourth-order valence-electron chi connectivity index (χ4n) is 3.74. The van der Waals surface area contributed by atoms with Crippen LogP contribution in [0.25, 0.3) is 0 Å². The van der Waals surface area contributed by atoms with Crippen LogP contribution in [-0.2, 0) is 4.79 Å². The molecule has 0 spiro atoms. The van der Waals surface area contributed by atoms with Crippen LogP contribution in [0.5, 0.6) is 0 Å². The van der Waals surface area contributed by atoms with Gasteiger partial charge in [-0.2, -0.15) is 0 Å². The van der Waals surface area contributed by atoms with E-state index in [0.717, 1.165) is 44.7 Å². The van der Waals surface area contributed by atoms with Gasteiger partial charge in [0.2, 0.25) is 5.91 Å². The molecule has 1 N–H and O–H groups in total. The molecule has 1 aromatic heterocycles. The number of hydrogen-bond acceptors (Lipinski definition) is 3. The van der Waals surface area contributed by atoms with Crippen LogP contribution in [0.4, 0.5) is 4.79 Å². The molecule has 25 heavy (non-hydrogen) atoms. The Hall–Kier alpha value is -1.98. The Balaban J connectivity index is 1.53. The van der Waals surface area contributed by atoms with Gasteiger partial charge >= 0.3 is 6.03 Å². The first-order valence-electron chi connectivity index (χ1n) is 9.39. The second-order valence-corrected chi connectivity index (χ2v) is 7.65. The average molecular weight is 347 g/mol. The van der Waals surface area contributed by atoms with Gasteiger partial charge in [0.1, 0.15) is 5.76 Å². The molecule has 2 saturated heterocycles. The van der Waals surface area contributed by atoms with E-state index >= 15 is 0 Å². The zero-order chi connectivity index (χ0) is 17.8. The summed E-state index contributed by atoms with van der Waals surface area (Å²) in [7, 11) is 0. The molecule has 0 saturated carbocycles. The van der Waals surface area contributed by atoms with E-state index in [1.54, 1.807) is 11.2 Å². The first-order chi connectivity index (χ1) is 12.0. The van der Waals surface area contributed by atoms with Gasteiger partial charge in [0.05, 0.1) is 12.2 Å². The fourth-order valence-corrected chi connectivity index (χ4v) is 3.74. The zero-order valence-electron chi connectivity index (χ0n) is 15.2. The van der Waals surface area contributed by atoms with Crippen LogP contribution in [-0.4, -0.2) is 54.5 Å². The molecule has 3 rings (SSSR count). The summed E-state index contributed by atoms with van der Waals surface area (Å²) in [4.78, 5) is 28.9. The molecule has 6 heteroatoms. The standard InChI is InChI=1S/C19H29N3O3/c1-14(2)11-20-19(24)22-8-3-5-16(13-22)18(23)21-9-7-15(12-21)17-6-4-10-25-17/h4,6,10,14-16H,3,5,7-9,11-13H2,1-2H3,(H,20,24)/t15-,16+/m0/s1. The van der Waals surface area contributed by atoms with E-state index in [0.29, 0.717) is 24.9 Å². The highest BCUT2D eigenvalue weighted by Crippen LogP contribution is 2.29. The highest BCUT2D eigenvalue weighted by Gasteiger charge is 2.35. The van der Waals surface area contributed by atoms with Gasteiger partial charge in [0.25, 0.3) is 0 Å². The summed E-state index contributed by atoms with van der Waals surface area (Å²) in [6, 6.07) is 3.84. The molecule has 1 aromatic rings. The molecule has 2 aliphatic heterocycles. The second-order valence-electron chi connectivity index (χ2n) is 7.65. The third kappa shape index (κ3) is 4.35. The minimum Gasteiger partial charge on any atom is -0.469 e. The Labute approximate surface area is 149 Å². The maximum absolute atomic E-state index is 12.9. The average Bonchev–Trinajstić information content (AvgIpc) is 3.30. The van der Waals surface area contributed by atoms with E-state index in [9.17, 15) is 9.59 Å². The van der Waals surface area contributed by atoms with E-state index in [1.807, 2.05) is 17.0 Å². The summed E-state index contributed by atoms with van der Waals surface area (Å²) in [5, 5.41) is 2.96. The lowest BCUT2D eigenvalue weighted by atomic mass is 9.96. The van der Waals surface area contributed by atoms with Crippen LogP contribution in [0.1, 0.15) is 44.8 Å². The molecule has 0 unspecified atom stereocenters. The molecule has 2 aliphatic rings. The second kappa shape index (κ2) is 7.93. The van der Waals surface area contributed by atoms with Crippen molar-refractivity contribution in [3.05, 3.63) is 24.2 Å². The molecule has 0 bridgehead atoms. The van der Waals surface area contributed by atoms with Gasteiger partial charge in [0, 0.05) is 38.6 Å². The minimum atomic E-state index is -0.0751. The lowest BCUT2D eigenvalue weighted by molar-refractivity contribution is -0.135. The Morgan fingerprint density at radius 3 is 2.80 bits per heavy atom. The van der Waals surface area contributed by atoms with E-state index in [4.69, 9.17) is 4.42 Å². The number of piperidine rings is 1. The number of rotatable bonds is 4. The summed E-state index contributed by atoms with van der Waals surface area (Å²) in [6.07, 6.45) is 4.40. The van der Waals surface area contributed by atoms with Gasteiger partial charge < -0.3 is 19.5 Å². The zero-order valence-corrected chi connectivity index (χ0v) is 15.2. The lowest BCUT2D eigenvalue weighted by Gasteiger charge is -2.34. The van der Waals surface area contributed by atoms with Crippen molar-refractivity contribution in [3.63, 3.8) is 0 Å². The van der Waals surface area contributed by atoms with Gasteiger partial charge in [-0.25, -0.2) is 4.79 Å². The van der Waals surface area contributed by atoms with Crippen molar-refractivity contribution in [2.24, 2.45) is 11.8 Å². The molecular formula is C19H29N3O3. The van der Waals surface area contributed by atoms with Crippen LogP contribution in [0.2, 0.25) is 0 Å². The van der Waals surface area contributed by atoms with Crippen molar-refractivity contribution in [2.75, 3.05) is 32.7 Å². The topological polar surface area (TPSA) is 65.8 Å². The summed E-state index contributed by atoms with van der Waals surface area (Å²) < 4.78 is 5.49. The summed E-state index contributed by atoms with van der Waals surface area (Å²) in [5.41, 5.74) is 0. The molecule has 3 amide bonds. The Bertz CT molecular complexity index is 585. The lowest BCUT2D eigenvalue weighted by Crippen LogP contribution is -2.49. The van der Waals surface area contributed by atoms with Crippen LogP contribution >= 0.6 is 0 Å². The molecule has 0 aromatic carbocycles. The normalized spacial score (nSPS) is 24.0. The highest BCUT2D eigenvalue weighted by molar-refractivity contribution is 5.81. The maximum atomic E-state index is 12.9. The van der Waals surface area contributed by atoms with Crippen molar-refractivity contribution in [1.82, 2.24) is 15.1 Å². The van der Waals surface area contributed by atoms with Crippen LogP contribution in [0.15, 0.2) is 22.8 Å². The Kier molecular flexibility index (Phi) is 5.66. The van der Waals surface area contributed by atoms with Crippen LogP contribution in [0, 0.1) is 11.8 Å². The number of urea groups is 1. The molecule has 3 heterocycles. The number of carbonyl (C=O) groups is 2. The monoisotopic (exact) mass is 347 g/mol. The van der Waals surface area contributed by atoms with Gasteiger partial charge in [0.15, 0.2) is 0 Å². The van der Waals surface area contributed by atoms with E-state index in [-0.39, 0.29) is 17.9 Å². The van der Waals surface area contributed by atoms with E-state index in [1.165, 1.54) is 0 Å². The number of nitrogens with one attached hydrogen (secondary N) is 1. The SMILES string of the molecule is CC(C)CNC(=O)N1CCC[C@@H](C(=O)N2CC[C@H](c3ccco3)C2)C1. The van der Waals surface area contributed by atoms with Gasteiger partial charge in [-0.1, -0.05) is 13.8 Å². The van der Waals surface area contributed by atoms with E-state index < -0.39 is 0 Å². The van der Waals surface area contributed by atoms with Crippen molar-refractivity contribution < 1.29 is 14.0 Å². The minimum absolute atomic E-state index is 0.0407. The third-order valence-electron chi connectivity index (χ3n) is 5.16. The van der Waals surface area contributed by atoms with Crippen molar-refractivity contribution >= 4 is 11.9 Å². The quantitative estimate of drug-likeness (QED) is 0.911. The molecular weight excluding hydrogens is 318 g/mol. The highest BCUT2D eigenvalue weighted by atomic mass is 16.3. The maximum Gasteiger partial charge on any atom is 0.317 e. The molecule has 2 atom stereocenters. The number of furan rings is 1. The molecule has 0 aliphatic carbocycles. The fraction of sp³-hybridized carbons (Fsp3) is 0.684. The molecule has 0 radical (unpaired) electrons. The number of amides is 3. The Morgan fingerprint density at radius 1 is 1.24 bits per heavy atom. The van der Waals surface area contributed by atoms with E-state index in [2.05, 4.69) is 19.2 Å². The van der Waals surface area contributed by atoms with Crippen molar-refractivity contribution in [1.29, 1.82) is 0 Å². The van der Waals surface area contributed by atoms with Crippen LogP contribution in [0.3, 0.4) is 0 Å². The van der Waals surface area contributed by atoms with Gasteiger partial charge in [-0.15, -0.1) is 0 Å². The smallest absolute Gasteiger partial charge is 0.317 e. The molecule has 6 nitrogen and oxygen atoms in total. The molecule has 138 valence electrons.